The zero-order chi connectivity index (χ0) is 14.0. The lowest BCUT2D eigenvalue weighted by molar-refractivity contribution is -0.385. The van der Waals surface area contributed by atoms with Crippen molar-refractivity contribution in [2.75, 3.05) is 5.32 Å². The summed E-state index contributed by atoms with van der Waals surface area (Å²) < 4.78 is 0. The van der Waals surface area contributed by atoms with Crippen molar-refractivity contribution >= 4 is 11.5 Å². The predicted octanol–water partition coefficient (Wildman–Crippen LogP) is 3.53. The van der Waals surface area contributed by atoms with Crippen molar-refractivity contribution in [1.29, 1.82) is 0 Å². The fraction of sp³-hybridized carbons (Fsp3) is 0.643. The molecule has 1 aromatic heterocycles. The monoisotopic (exact) mass is 263 g/mol. The second kappa shape index (κ2) is 5.55. The Morgan fingerprint density at radius 1 is 1.47 bits per heavy atom. The predicted molar refractivity (Wildman–Crippen MR) is 75.2 cm³/mol. The molecule has 0 aromatic carbocycles. The molecule has 0 radical (unpaired) electrons. The summed E-state index contributed by atoms with van der Waals surface area (Å²) >= 11 is 0. The smallest absolute Gasteiger partial charge is 0.290 e. The first kappa shape index (κ1) is 13.8. The van der Waals surface area contributed by atoms with Crippen LogP contribution in [-0.4, -0.2) is 15.9 Å². The first-order chi connectivity index (χ1) is 9.02. The molecular weight excluding hydrogens is 242 g/mol. The maximum atomic E-state index is 10.8. The summed E-state index contributed by atoms with van der Waals surface area (Å²) in [7, 11) is 0. The van der Waals surface area contributed by atoms with Crippen molar-refractivity contribution in [1.82, 2.24) is 4.98 Å². The molecule has 19 heavy (non-hydrogen) atoms. The lowest BCUT2D eigenvalue weighted by Gasteiger charge is -2.21. The second-order valence-corrected chi connectivity index (χ2v) is 5.41. The highest BCUT2D eigenvalue weighted by Gasteiger charge is 2.31. The van der Waals surface area contributed by atoms with Crippen LogP contribution in [0.3, 0.4) is 0 Å². The Hall–Kier alpha value is -1.65. The summed E-state index contributed by atoms with van der Waals surface area (Å²) in [5.41, 5.74) is 0.546. The van der Waals surface area contributed by atoms with Crippen LogP contribution in [0.2, 0.25) is 0 Å². The molecule has 3 atom stereocenters. The largest absolute Gasteiger partial charge is 0.367 e. The van der Waals surface area contributed by atoms with Crippen LogP contribution in [0.15, 0.2) is 12.1 Å². The van der Waals surface area contributed by atoms with Crippen LogP contribution in [-0.2, 0) is 0 Å². The molecule has 0 bridgehead atoms. The molecule has 0 amide bonds. The fourth-order valence-electron chi connectivity index (χ4n) is 3.04. The molecule has 2 rings (SSSR count). The van der Waals surface area contributed by atoms with E-state index in [4.69, 9.17) is 0 Å². The van der Waals surface area contributed by atoms with Gasteiger partial charge in [0.2, 0.25) is 0 Å². The van der Waals surface area contributed by atoms with Crippen molar-refractivity contribution in [3.8, 4) is 0 Å². The molecule has 1 saturated carbocycles. The van der Waals surface area contributed by atoms with E-state index in [0.717, 1.165) is 18.2 Å². The number of anilines is 1. The van der Waals surface area contributed by atoms with Crippen LogP contribution in [0.25, 0.3) is 0 Å². The van der Waals surface area contributed by atoms with Gasteiger partial charge in [0.15, 0.2) is 0 Å². The van der Waals surface area contributed by atoms with E-state index in [1.807, 2.05) is 0 Å². The van der Waals surface area contributed by atoms with Gasteiger partial charge in [0.25, 0.3) is 5.69 Å². The van der Waals surface area contributed by atoms with Crippen molar-refractivity contribution in [3.05, 3.63) is 27.9 Å². The molecule has 3 unspecified atom stereocenters. The van der Waals surface area contributed by atoms with E-state index < -0.39 is 4.92 Å². The van der Waals surface area contributed by atoms with Gasteiger partial charge in [0.1, 0.15) is 11.5 Å². The maximum Gasteiger partial charge on any atom is 0.290 e. The number of nitrogens with one attached hydrogen (secondary N) is 1. The standard InChI is InChI=1S/C14H21N3O2/c1-4-11-5-6-12(9(11)2)16-14-8-7-13(17(18)19)10(3)15-14/h7-9,11-12H,4-6H2,1-3H3,(H,15,16). The number of pyridine rings is 1. The lowest BCUT2D eigenvalue weighted by atomic mass is 9.93. The number of nitro groups is 1. The second-order valence-electron chi connectivity index (χ2n) is 5.41. The molecule has 1 fully saturated rings. The van der Waals surface area contributed by atoms with Gasteiger partial charge in [-0.05, 0) is 37.7 Å². The number of hydrogen-bond donors (Lipinski definition) is 1. The van der Waals surface area contributed by atoms with Crippen molar-refractivity contribution in [3.63, 3.8) is 0 Å². The Labute approximate surface area is 113 Å². The van der Waals surface area contributed by atoms with Gasteiger partial charge < -0.3 is 5.32 Å². The van der Waals surface area contributed by atoms with Crippen LogP contribution < -0.4 is 5.32 Å². The van der Waals surface area contributed by atoms with Gasteiger partial charge in [0.05, 0.1) is 4.92 Å². The summed E-state index contributed by atoms with van der Waals surface area (Å²) in [6, 6.07) is 3.66. The Morgan fingerprint density at radius 3 is 2.74 bits per heavy atom. The van der Waals surface area contributed by atoms with E-state index in [9.17, 15) is 10.1 Å². The molecule has 1 aliphatic rings. The summed E-state index contributed by atoms with van der Waals surface area (Å²) in [6.07, 6.45) is 3.62. The molecule has 1 heterocycles. The van der Waals surface area contributed by atoms with E-state index in [1.165, 1.54) is 18.9 Å². The molecule has 0 spiro atoms. The van der Waals surface area contributed by atoms with Crippen LogP contribution >= 0.6 is 0 Å². The normalized spacial score (nSPS) is 26.4. The summed E-state index contributed by atoms with van der Waals surface area (Å²) in [4.78, 5) is 14.7. The Balaban J connectivity index is 2.08. The van der Waals surface area contributed by atoms with E-state index >= 15 is 0 Å². The van der Waals surface area contributed by atoms with E-state index in [-0.39, 0.29) is 5.69 Å². The average Bonchev–Trinajstić information content (AvgIpc) is 2.70. The number of nitrogens with zero attached hydrogens (tertiary/aromatic N) is 2. The Morgan fingerprint density at radius 2 is 2.21 bits per heavy atom. The van der Waals surface area contributed by atoms with Gasteiger partial charge in [-0.25, -0.2) is 4.98 Å². The van der Waals surface area contributed by atoms with Crippen LogP contribution in [0, 0.1) is 28.9 Å². The van der Waals surface area contributed by atoms with Crippen LogP contribution in [0.4, 0.5) is 11.5 Å². The third-order valence-electron chi connectivity index (χ3n) is 4.34. The minimum atomic E-state index is -0.391. The number of hydrogen-bond acceptors (Lipinski definition) is 4. The minimum absolute atomic E-state index is 0.0801. The summed E-state index contributed by atoms with van der Waals surface area (Å²) in [5.74, 6) is 2.15. The van der Waals surface area contributed by atoms with Gasteiger partial charge in [0, 0.05) is 12.1 Å². The fourth-order valence-corrected chi connectivity index (χ4v) is 3.04. The molecule has 0 saturated heterocycles. The zero-order valence-electron chi connectivity index (χ0n) is 11.7. The van der Waals surface area contributed by atoms with E-state index in [1.54, 1.807) is 13.0 Å². The molecule has 5 heteroatoms. The highest BCUT2D eigenvalue weighted by molar-refractivity contribution is 5.45. The number of rotatable bonds is 4. The van der Waals surface area contributed by atoms with Crippen LogP contribution in [0.5, 0.6) is 0 Å². The van der Waals surface area contributed by atoms with E-state index in [0.29, 0.717) is 17.7 Å². The average molecular weight is 263 g/mol. The van der Waals surface area contributed by atoms with Gasteiger partial charge in [-0.1, -0.05) is 20.3 Å². The molecular formula is C14H21N3O2. The Bertz CT molecular complexity index is 476. The molecule has 1 N–H and O–H groups in total. The summed E-state index contributed by atoms with van der Waals surface area (Å²) in [6.45, 7) is 6.19. The van der Waals surface area contributed by atoms with Crippen molar-refractivity contribution < 1.29 is 4.92 Å². The Kier molecular flexibility index (Phi) is 4.02. The lowest BCUT2D eigenvalue weighted by Crippen LogP contribution is -2.25. The van der Waals surface area contributed by atoms with Crippen LogP contribution in [0.1, 0.15) is 38.8 Å². The molecule has 5 nitrogen and oxygen atoms in total. The van der Waals surface area contributed by atoms with Gasteiger partial charge in [-0.15, -0.1) is 0 Å². The molecule has 0 aliphatic heterocycles. The minimum Gasteiger partial charge on any atom is -0.367 e. The highest BCUT2D eigenvalue weighted by atomic mass is 16.6. The van der Waals surface area contributed by atoms with Gasteiger partial charge >= 0.3 is 0 Å². The highest BCUT2D eigenvalue weighted by Crippen LogP contribution is 2.35. The van der Waals surface area contributed by atoms with Crippen molar-refractivity contribution in [2.24, 2.45) is 11.8 Å². The number of aryl methyl sites for hydroxylation is 1. The van der Waals surface area contributed by atoms with E-state index in [2.05, 4.69) is 24.1 Å². The quantitative estimate of drug-likeness (QED) is 0.666. The molecule has 1 aliphatic carbocycles. The third kappa shape index (κ3) is 2.85. The summed E-state index contributed by atoms with van der Waals surface area (Å²) in [5, 5.41) is 14.2. The number of aromatic nitrogens is 1. The topological polar surface area (TPSA) is 68.1 Å². The first-order valence-electron chi connectivity index (χ1n) is 6.91. The maximum absolute atomic E-state index is 10.8. The molecule has 104 valence electrons. The third-order valence-corrected chi connectivity index (χ3v) is 4.34. The first-order valence-corrected chi connectivity index (χ1v) is 6.91. The van der Waals surface area contributed by atoms with Crippen molar-refractivity contribution in [2.45, 2.75) is 46.1 Å². The van der Waals surface area contributed by atoms with Gasteiger partial charge in [-0.2, -0.15) is 0 Å². The zero-order valence-corrected chi connectivity index (χ0v) is 11.7. The SMILES string of the molecule is CCC1CCC(Nc2ccc([N+](=O)[O-])c(C)n2)C1C. The van der Waals surface area contributed by atoms with Gasteiger partial charge in [-0.3, -0.25) is 10.1 Å². The molecule has 1 aromatic rings.